The van der Waals surface area contributed by atoms with Gasteiger partial charge in [-0.2, -0.15) is 0 Å². The van der Waals surface area contributed by atoms with Crippen molar-refractivity contribution in [3.8, 4) is 0 Å². The van der Waals surface area contributed by atoms with Gasteiger partial charge in [-0.1, -0.05) is 6.92 Å². The summed E-state index contributed by atoms with van der Waals surface area (Å²) in [6.45, 7) is 9.62. The molecule has 0 aromatic heterocycles. The second-order valence-corrected chi connectivity index (χ2v) is 15.0. The average molecular weight is 710 g/mol. The summed E-state index contributed by atoms with van der Waals surface area (Å²) in [5, 5.41) is 0. The van der Waals surface area contributed by atoms with Crippen molar-refractivity contribution in [1.29, 1.82) is 0 Å². The van der Waals surface area contributed by atoms with Crippen LogP contribution in [-0.4, -0.2) is 137 Å². The van der Waals surface area contributed by atoms with Crippen molar-refractivity contribution >= 4 is 29.8 Å². The standard InChI is InChI=1S/C35H51NO14/c1-11-36-14-32(15-42-7)22(46-16(2)37)12-23(43-8)34-21-13-33(49-19(5)40)29(47-17(3)38)24(21)35(50-20(6)41,31(30(33)45-10)48-18(4)39)25(28(34)36)26(44-9)27(32)34/h21-31H,11-15H2,1-10H3/t21-,22-,23+,24-,25?,26?,27-,28-,29?,30+,31?,32+,33-,34?,35-/m1/s1. The maximum atomic E-state index is 13.5. The molecule has 0 N–H and O–H groups in total. The summed E-state index contributed by atoms with van der Waals surface area (Å²) in [5.41, 5.74) is -5.09. The second kappa shape index (κ2) is 12.7. The van der Waals surface area contributed by atoms with Crippen molar-refractivity contribution in [2.24, 2.45) is 34.5 Å². The van der Waals surface area contributed by atoms with Crippen molar-refractivity contribution in [3.63, 3.8) is 0 Å². The van der Waals surface area contributed by atoms with Crippen LogP contribution >= 0.6 is 0 Å². The number of carbonyl (C=O) groups is 5. The minimum atomic E-state index is -1.72. The Morgan fingerprint density at radius 3 is 1.82 bits per heavy atom. The average Bonchev–Trinajstić information content (AvgIpc) is 3.40. The first-order valence-corrected chi connectivity index (χ1v) is 17.3. The van der Waals surface area contributed by atoms with Crippen LogP contribution in [-0.2, 0) is 66.6 Å². The van der Waals surface area contributed by atoms with Gasteiger partial charge in [-0.05, 0) is 18.9 Å². The highest BCUT2D eigenvalue weighted by atomic mass is 16.7. The SMILES string of the molecule is CCN1C[C@]2(COC)[C@H](OC(C)=O)C[C@H](OC)C34[C@@H]5C[C@@]6(OC(C)=O)C(OC(C)=O)[C@@H]5[C@@](OC(C)=O)(C(C(OC)[C@@H]32)[C@@H]14)C(OC(C)=O)[C@@H]6OC. The summed E-state index contributed by atoms with van der Waals surface area (Å²) in [6, 6.07) is -0.420. The minimum Gasteiger partial charge on any atom is -0.462 e. The largest absolute Gasteiger partial charge is 0.462 e. The number of likely N-dealkylation sites (tertiary alicyclic amines) is 1. The molecule has 1 aliphatic heterocycles. The van der Waals surface area contributed by atoms with E-state index in [0.29, 0.717) is 19.5 Å². The summed E-state index contributed by atoms with van der Waals surface area (Å²) in [6.07, 6.45) is -5.26. The monoisotopic (exact) mass is 709 g/mol. The number of carbonyl (C=O) groups excluding carboxylic acids is 5. The topological polar surface area (TPSA) is 172 Å². The zero-order chi connectivity index (χ0) is 36.7. The smallest absolute Gasteiger partial charge is 0.303 e. The Morgan fingerprint density at radius 2 is 1.32 bits per heavy atom. The van der Waals surface area contributed by atoms with E-state index >= 15 is 0 Å². The molecule has 6 fully saturated rings. The molecular weight excluding hydrogens is 658 g/mol. The maximum Gasteiger partial charge on any atom is 0.303 e. The highest BCUT2D eigenvalue weighted by Gasteiger charge is 2.93. The molecule has 0 aromatic carbocycles. The summed E-state index contributed by atoms with van der Waals surface area (Å²) >= 11 is 0. The third kappa shape index (κ3) is 4.55. The number of piperidine rings is 1. The van der Waals surface area contributed by atoms with E-state index in [4.69, 9.17) is 42.6 Å². The molecule has 5 aliphatic carbocycles. The maximum absolute atomic E-state index is 13.5. The zero-order valence-corrected chi connectivity index (χ0v) is 30.5. The van der Waals surface area contributed by atoms with Gasteiger partial charge in [0.15, 0.2) is 23.4 Å². The highest BCUT2D eigenvalue weighted by molar-refractivity contribution is 5.71. The Morgan fingerprint density at radius 1 is 0.700 bits per heavy atom. The fourth-order valence-corrected chi connectivity index (χ4v) is 12.8. The van der Waals surface area contributed by atoms with Crippen molar-refractivity contribution in [2.45, 2.75) is 108 Å². The first-order chi connectivity index (χ1) is 23.6. The molecule has 15 atom stereocenters. The molecule has 15 heteroatoms. The normalized spacial score (nSPS) is 46.5. The molecule has 1 spiro atoms. The van der Waals surface area contributed by atoms with E-state index in [-0.39, 0.29) is 13.0 Å². The molecule has 50 heavy (non-hydrogen) atoms. The Labute approximate surface area is 292 Å². The lowest BCUT2D eigenvalue weighted by Gasteiger charge is -2.70. The van der Waals surface area contributed by atoms with Gasteiger partial charge in [0.1, 0.15) is 12.2 Å². The molecule has 5 saturated carbocycles. The molecule has 6 rings (SSSR count). The van der Waals surface area contributed by atoms with E-state index in [2.05, 4.69) is 4.90 Å². The fourth-order valence-electron chi connectivity index (χ4n) is 12.8. The van der Waals surface area contributed by atoms with Crippen LogP contribution < -0.4 is 0 Å². The third-order valence-corrected chi connectivity index (χ3v) is 13.1. The van der Waals surface area contributed by atoms with Crippen LogP contribution in [0.15, 0.2) is 0 Å². The quantitative estimate of drug-likeness (QED) is 0.220. The van der Waals surface area contributed by atoms with Crippen molar-refractivity contribution in [3.05, 3.63) is 0 Å². The molecule has 15 nitrogen and oxygen atoms in total. The lowest BCUT2D eigenvalue weighted by molar-refractivity contribution is -0.326. The second-order valence-electron chi connectivity index (χ2n) is 15.0. The number of hydrogen-bond donors (Lipinski definition) is 0. The van der Waals surface area contributed by atoms with E-state index in [1.807, 2.05) is 6.92 Å². The summed E-state index contributed by atoms with van der Waals surface area (Å²) in [7, 11) is 6.21. The van der Waals surface area contributed by atoms with Crippen LogP contribution in [0.4, 0.5) is 0 Å². The number of nitrogens with zero attached hydrogens (tertiary/aromatic N) is 1. The molecule has 0 amide bonds. The van der Waals surface area contributed by atoms with Gasteiger partial charge in [0.25, 0.3) is 0 Å². The lowest BCUT2D eigenvalue weighted by atomic mass is 9.42. The number of methoxy groups -OCH3 is 4. The van der Waals surface area contributed by atoms with Crippen LogP contribution in [0.25, 0.3) is 0 Å². The first-order valence-electron chi connectivity index (χ1n) is 17.3. The Hall–Kier alpha value is -2.85. The molecule has 280 valence electrons. The molecule has 1 saturated heterocycles. The number of rotatable bonds is 11. The van der Waals surface area contributed by atoms with Crippen LogP contribution in [0.1, 0.15) is 54.4 Å². The highest BCUT2D eigenvalue weighted by Crippen LogP contribution is 2.81. The zero-order valence-electron chi connectivity index (χ0n) is 30.5. The third-order valence-electron chi connectivity index (χ3n) is 13.1. The van der Waals surface area contributed by atoms with Gasteiger partial charge in [-0.3, -0.25) is 28.9 Å². The molecule has 0 aromatic rings. The Bertz CT molecular complexity index is 1420. The van der Waals surface area contributed by atoms with E-state index in [0.717, 1.165) is 0 Å². The first kappa shape index (κ1) is 36.9. The number of hydrogen-bond acceptors (Lipinski definition) is 15. The van der Waals surface area contributed by atoms with E-state index in [1.54, 1.807) is 21.3 Å². The number of fused-ring (bicyclic) bond motifs is 2. The Kier molecular flexibility index (Phi) is 9.36. The van der Waals surface area contributed by atoms with Gasteiger partial charge in [-0.25, -0.2) is 0 Å². The lowest BCUT2D eigenvalue weighted by Crippen LogP contribution is -2.82. The van der Waals surface area contributed by atoms with Crippen molar-refractivity contribution in [1.82, 2.24) is 4.90 Å². The van der Waals surface area contributed by atoms with Gasteiger partial charge in [0.2, 0.25) is 0 Å². The molecule has 0 radical (unpaired) electrons. The number of esters is 5. The summed E-state index contributed by atoms with van der Waals surface area (Å²) in [4.78, 5) is 67.8. The molecule has 1 heterocycles. The minimum absolute atomic E-state index is 0.0866. The Balaban J connectivity index is 1.78. The van der Waals surface area contributed by atoms with Crippen molar-refractivity contribution < 1.29 is 66.6 Å². The predicted molar refractivity (Wildman–Crippen MR) is 169 cm³/mol. The van der Waals surface area contributed by atoms with E-state index < -0.39 is 118 Å². The van der Waals surface area contributed by atoms with Crippen molar-refractivity contribution in [2.75, 3.05) is 48.1 Å². The summed E-state index contributed by atoms with van der Waals surface area (Å²) < 4.78 is 56.8. The van der Waals surface area contributed by atoms with E-state index in [1.165, 1.54) is 41.7 Å². The van der Waals surface area contributed by atoms with Crippen LogP contribution in [0, 0.1) is 34.5 Å². The van der Waals surface area contributed by atoms with Crippen LogP contribution in [0.2, 0.25) is 0 Å². The predicted octanol–water partition coefficient (Wildman–Crippen LogP) is 1.07. The molecule has 5 unspecified atom stereocenters. The van der Waals surface area contributed by atoms with Gasteiger partial charge < -0.3 is 42.6 Å². The molecular formula is C35H51NO14. The van der Waals surface area contributed by atoms with Gasteiger partial charge in [-0.15, -0.1) is 0 Å². The van der Waals surface area contributed by atoms with Gasteiger partial charge in [0, 0.05) is 111 Å². The number of ether oxygens (including phenoxy) is 9. The fraction of sp³-hybridized carbons (Fsp3) is 0.857. The molecule has 7 bridgehead atoms. The van der Waals surface area contributed by atoms with E-state index in [9.17, 15) is 24.0 Å². The van der Waals surface area contributed by atoms with Crippen LogP contribution in [0.5, 0.6) is 0 Å². The van der Waals surface area contributed by atoms with Gasteiger partial charge >= 0.3 is 29.8 Å². The summed E-state index contributed by atoms with van der Waals surface area (Å²) in [5.74, 6) is -5.72. The van der Waals surface area contributed by atoms with Gasteiger partial charge in [0.05, 0.1) is 18.8 Å². The molecule has 6 aliphatic rings. The van der Waals surface area contributed by atoms with Crippen LogP contribution in [0.3, 0.4) is 0 Å².